The van der Waals surface area contributed by atoms with Gasteiger partial charge in [-0.15, -0.1) is 0 Å². The van der Waals surface area contributed by atoms with Crippen LogP contribution >= 0.6 is 0 Å². The monoisotopic (exact) mass is 483 g/mol. The van der Waals surface area contributed by atoms with Crippen LogP contribution in [0.5, 0.6) is 0 Å². The second kappa shape index (κ2) is 9.82. The van der Waals surface area contributed by atoms with Crippen LogP contribution in [0.25, 0.3) is 11.1 Å². The molecule has 0 spiro atoms. The van der Waals surface area contributed by atoms with Gasteiger partial charge >= 0.3 is 18.2 Å². The molecule has 0 unspecified atom stereocenters. The Kier molecular flexibility index (Phi) is 6.82. The summed E-state index contributed by atoms with van der Waals surface area (Å²) in [4.78, 5) is 24.1. The summed E-state index contributed by atoms with van der Waals surface area (Å²) in [5.74, 6) is -1.41. The van der Waals surface area contributed by atoms with E-state index in [-0.39, 0.29) is 25.4 Å². The highest BCUT2D eigenvalue weighted by Crippen LogP contribution is 2.44. The maximum atomic E-state index is 12.9. The average Bonchev–Trinajstić information content (AvgIpc) is 3.14. The van der Waals surface area contributed by atoms with Gasteiger partial charge in [-0.3, -0.25) is 0 Å². The van der Waals surface area contributed by atoms with Crippen molar-refractivity contribution >= 4 is 12.1 Å². The zero-order valence-corrected chi connectivity index (χ0v) is 18.9. The molecule has 182 valence electrons. The van der Waals surface area contributed by atoms with Gasteiger partial charge in [0.05, 0.1) is 5.56 Å². The van der Waals surface area contributed by atoms with Gasteiger partial charge in [-0.05, 0) is 65.3 Å². The zero-order chi connectivity index (χ0) is 25.2. The van der Waals surface area contributed by atoms with Crippen molar-refractivity contribution in [2.45, 2.75) is 37.9 Å². The zero-order valence-electron chi connectivity index (χ0n) is 18.9. The van der Waals surface area contributed by atoms with Crippen molar-refractivity contribution in [3.63, 3.8) is 0 Å². The Bertz CT molecular complexity index is 1210. The van der Waals surface area contributed by atoms with Crippen molar-refractivity contribution in [1.29, 1.82) is 0 Å². The van der Waals surface area contributed by atoms with Crippen LogP contribution in [0.2, 0.25) is 0 Å². The molecule has 0 bridgehead atoms. The smallest absolute Gasteiger partial charge is 0.416 e. The van der Waals surface area contributed by atoms with Gasteiger partial charge in [-0.1, -0.05) is 54.6 Å². The molecule has 1 amide bonds. The van der Waals surface area contributed by atoms with Crippen LogP contribution < -0.4 is 5.32 Å². The van der Waals surface area contributed by atoms with Gasteiger partial charge in [0, 0.05) is 5.92 Å². The molecule has 3 aromatic carbocycles. The quantitative estimate of drug-likeness (QED) is 0.436. The molecule has 0 aliphatic heterocycles. The molecule has 4 rings (SSSR count). The van der Waals surface area contributed by atoms with Crippen molar-refractivity contribution in [1.82, 2.24) is 5.32 Å². The molecule has 1 atom stereocenters. The molecule has 0 aromatic heterocycles. The summed E-state index contributed by atoms with van der Waals surface area (Å²) in [6.45, 7) is 1.59. The van der Waals surface area contributed by atoms with E-state index in [2.05, 4.69) is 5.32 Å². The molecule has 2 N–H and O–H groups in total. The van der Waals surface area contributed by atoms with Crippen LogP contribution in [-0.4, -0.2) is 29.8 Å². The van der Waals surface area contributed by atoms with E-state index in [0.717, 1.165) is 34.4 Å². The molecule has 0 fully saturated rings. The second-order valence-corrected chi connectivity index (χ2v) is 8.54. The molecule has 0 radical (unpaired) electrons. The third-order valence-electron chi connectivity index (χ3n) is 6.31. The number of carboxylic acid groups (broad SMARTS) is 1. The van der Waals surface area contributed by atoms with E-state index in [1.165, 1.54) is 6.07 Å². The molecular formula is C27H24F3NO4. The highest BCUT2D eigenvalue weighted by atomic mass is 19.4. The number of aryl methyl sites for hydroxylation is 2. The highest BCUT2D eigenvalue weighted by molar-refractivity contribution is 5.81. The number of amides is 1. The van der Waals surface area contributed by atoms with Crippen molar-refractivity contribution < 1.29 is 32.6 Å². The Hall–Kier alpha value is -3.81. The SMILES string of the molecule is Cc1cc(C(F)(F)F)ccc1CC[C@H](NC(=O)OCC1c2ccccc2-c2ccccc21)C(=O)O. The molecule has 5 nitrogen and oxygen atoms in total. The molecule has 1 aliphatic carbocycles. The number of ether oxygens (including phenoxy) is 1. The summed E-state index contributed by atoms with van der Waals surface area (Å²) in [7, 11) is 0. The van der Waals surface area contributed by atoms with Crippen LogP contribution in [0.4, 0.5) is 18.0 Å². The first-order valence-electron chi connectivity index (χ1n) is 11.2. The van der Waals surface area contributed by atoms with Crippen molar-refractivity contribution in [2.75, 3.05) is 6.61 Å². The third kappa shape index (κ3) is 5.31. The fraction of sp³-hybridized carbons (Fsp3) is 0.259. The molecule has 35 heavy (non-hydrogen) atoms. The van der Waals surface area contributed by atoms with Gasteiger partial charge < -0.3 is 15.2 Å². The number of hydrogen-bond donors (Lipinski definition) is 2. The van der Waals surface area contributed by atoms with Crippen LogP contribution in [0, 0.1) is 6.92 Å². The van der Waals surface area contributed by atoms with Crippen molar-refractivity contribution in [2.24, 2.45) is 0 Å². The first kappa shape index (κ1) is 24.3. The maximum absolute atomic E-state index is 12.9. The van der Waals surface area contributed by atoms with Gasteiger partial charge in [0.1, 0.15) is 12.6 Å². The van der Waals surface area contributed by atoms with Gasteiger partial charge in [0.25, 0.3) is 0 Å². The molecule has 0 saturated heterocycles. The average molecular weight is 483 g/mol. The number of rotatable bonds is 7. The van der Waals surface area contributed by atoms with Crippen molar-refractivity contribution in [3.8, 4) is 11.1 Å². The summed E-state index contributed by atoms with van der Waals surface area (Å²) in [6, 6.07) is 17.8. The number of nitrogens with one attached hydrogen (secondary N) is 1. The summed E-state index contributed by atoms with van der Waals surface area (Å²) >= 11 is 0. The van der Waals surface area contributed by atoms with Crippen LogP contribution in [0.1, 0.15) is 40.2 Å². The number of hydrogen-bond acceptors (Lipinski definition) is 3. The minimum atomic E-state index is -4.45. The fourth-order valence-corrected chi connectivity index (χ4v) is 4.49. The first-order chi connectivity index (χ1) is 16.6. The summed E-state index contributed by atoms with van der Waals surface area (Å²) in [5.41, 5.74) is 4.46. The number of alkyl halides is 3. The number of carbonyl (C=O) groups is 2. The molecule has 1 aliphatic rings. The molecular weight excluding hydrogens is 459 g/mol. The lowest BCUT2D eigenvalue weighted by Crippen LogP contribution is -2.41. The minimum absolute atomic E-state index is 0.00569. The Morgan fingerprint density at radius 1 is 1.00 bits per heavy atom. The predicted molar refractivity (Wildman–Crippen MR) is 124 cm³/mol. The van der Waals surface area contributed by atoms with Gasteiger partial charge in [-0.25, -0.2) is 9.59 Å². The van der Waals surface area contributed by atoms with E-state index in [0.29, 0.717) is 11.1 Å². The molecule has 3 aromatic rings. The van der Waals surface area contributed by atoms with E-state index >= 15 is 0 Å². The lowest BCUT2D eigenvalue weighted by Gasteiger charge is -2.18. The number of aliphatic carboxylic acids is 1. The fourth-order valence-electron chi connectivity index (χ4n) is 4.49. The summed E-state index contributed by atoms with van der Waals surface area (Å²) in [5, 5.41) is 11.9. The maximum Gasteiger partial charge on any atom is 0.416 e. The lowest BCUT2D eigenvalue weighted by atomic mass is 9.98. The van der Waals surface area contributed by atoms with Crippen LogP contribution in [0.15, 0.2) is 66.7 Å². The number of halogens is 3. The standard InChI is InChI=1S/C27H24F3NO4/c1-16-14-18(27(28,29)30)12-10-17(16)11-13-24(25(32)33)31-26(34)35-15-23-21-8-4-2-6-19(21)20-7-3-5-9-22(20)23/h2-10,12,14,23-24H,11,13,15H2,1H3,(H,31,34)(H,32,33)/t24-/m0/s1. The summed E-state index contributed by atoms with van der Waals surface area (Å²) < 4.78 is 44.0. The topological polar surface area (TPSA) is 75.6 Å². The van der Waals surface area contributed by atoms with E-state index in [4.69, 9.17) is 4.74 Å². The van der Waals surface area contributed by atoms with E-state index in [1.54, 1.807) is 6.92 Å². The Morgan fingerprint density at radius 3 is 2.14 bits per heavy atom. The largest absolute Gasteiger partial charge is 0.480 e. The first-order valence-corrected chi connectivity index (χ1v) is 11.2. The van der Waals surface area contributed by atoms with Gasteiger partial charge in [-0.2, -0.15) is 13.2 Å². The van der Waals surface area contributed by atoms with E-state index < -0.39 is 29.8 Å². The van der Waals surface area contributed by atoms with Crippen LogP contribution in [-0.2, 0) is 22.1 Å². The predicted octanol–water partition coefficient (Wildman–Crippen LogP) is 5.94. The highest BCUT2D eigenvalue weighted by Gasteiger charge is 2.31. The van der Waals surface area contributed by atoms with Crippen LogP contribution in [0.3, 0.4) is 0 Å². The van der Waals surface area contributed by atoms with E-state index in [1.807, 2.05) is 48.5 Å². The van der Waals surface area contributed by atoms with Gasteiger partial charge in [0.2, 0.25) is 0 Å². The lowest BCUT2D eigenvalue weighted by molar-refractivity contribution is -0.139. The molecule has 8 heteroatoms. The molecule has 0 heterocycles. The Morgan fingerprint density at radius 2 is 1.60 bits per heavy atom. The number of alkyl carbamates (subject to hydrolysis) is 1. The van der Waals surface area contributed by atoms with Gasteiger partial charge in [0.15, 0.2) is 0 Å². The summed E-state index contributed by atoms with van der Waals surface area (Å²) in [6.07, 6.45) is -5.11. The molecule has 0 saturated carbocycles. The Balaban J connectivity index is 1.38. The third-order valence-corrected chi connectivity index (χ3v) is 6.31. The number of carboxylic acids is 1. The second-order valence-electron chi connectivity index (χ2n) is 8.54. The Labute approximate surface area is 200 Å². The normalized spacial score (nSPS) is 13.6. The number of carbonyl (C=O) groups excluding carboxylic acids is 1. The minimum Gasteiger partial charge on any atom is -0.480 e. The number of fused-ring (bicyclic) bond motifs is 3. The van der Waals surface area contributed by atoms with E-state index in [9.17, 15) is 27.9 Å². The number of benzene rings is 3. The van der Waals surface area contributed by atoms with Crippen molar-refractivity contribution in [3.05, 3.63) is 94.5 Å².